The van der Waals surface area contributed by atoms with Gasteiger partial charge in [-0.1, -0.05) is 24.3 Å². The Hall–Kier alpha value is -4.78. The Kier molecular flexibility index (Phi) is 7.47. The third-order valence-electron chi connectivity index (χ3n) is 6.87. The number of allylic oxidation sites excluding steroid dienone is 1. The molecule has 0 amide bonds. The molecular weight excluding hydrogens is 502 g/mol. The lowest BCUT2D eigenvalue weighted by molar-refractivity contribution is 0.0734. The second-order valence-corrected chi connectivity index (χ2v) is 10.2. The number of hydrogen-bond acceptors (Lipinski definition) is 7. The normalized spacial score (nSPS) is 13.4. The number of hydrogen-bond donors (Lipinski definition) is 2. The number of fused-ring (bicyclic) bond motifs is 1. The average Bonchev–Trinajstić information content (AvgIpc) is 2.95. The first-order chi connectivity index (χ1) is 19.3. The first-order valence-corrected chi connectivity index (χ1v) is 13.1. The van der Waals surface area contributed by atoms with Crippen LogP contribution in [0.15, 0.2) is 85.2 Å². The zero-order valence-electron chi connectivity index (χ0n) is 23.4. The van der Waals surface area contributed by atoms with E-state index >= 15 is 0 Å². The van der Waals surface area contributed by atoms with Crippen LogP contribution in [-0.4, -0.2) is 30.7 Å². The summed E-state index contributed by atoms with van der Waals surface area (Å²) in [7, 11) is 3.29. The predicted molar refractivity (Wildman–Crippen MR) is 159 cm³/mol. The summed E-state index contributed by atoms with van der Waals surface area (Å²) in [4.78, 5) is 16.6. The van der Waals surface area contributed by atoms with Crippen LogP contribution in [0.2, 0.25) is 0 Å². The molecular formula is C33H33N3O4. The molecule has 1 aliphatic rings. The molecule has 0 spiro atoms. The van der Waals surface area contributed by atoms with E-state index in [1.54, 1.807) is 44.7 Å². The Morgan fingerprint density at radius 3 is 2.48 bits per heavy atom. The van der Waals surface area contributed by atoms with Crippen LogP contribution >= 0.6 is 0 Å². The Balaban J connectivity index is 1.56. The lowest BCUT2D eigenvalue weighted by atomic mass is 9.85. The fourth-order valence-electron chi connectivity index (χ4n) is 5.22. The Morgan fingerprint density at radius 2 is 1.73 bits per heavy atom. The maximum atomic E-state index is 12.6. The zero-order chi connectivity index (χ0) is 28.3. The number of rotatable bonds is 8. The number of pyridine rings is 1. The molecule has 40 heavy (non-hydrogen) atoms. The van der Waals surface area contributed by atoms with E-state index in [4.69, 9.17) is 14.2 Å². The van der Waals surface area contributed by atoms with E-state index in [0.717, 1.165) is 39.4 Å². The van der Waals surface area contributed by atoms with Gasteiger partial charge in [0.05, 0.1) is 31.0 Å². The van der Waals surface area contributed by atoms with Gasteiger partial charge in [0.15, 0.2) is 0 Å². The van der Waals surface area contributed by atoms with Crippen LogP contribution in [0.5, 0.6) is 17.2 Å². The summed E-state index contributed by atoms with van der Waals surface area (Å²) in [6, 6.07) is 20.9. The number of nitrogens with zero attached hydrogens (tertiary/aromatic N) is 1. The van der Waals surface area contributed by atoms with E-state index in [0.29, 0.717) is 23.6 Å². The fourth-order valence-corrected chi connectivity index (χ4v) is 5.22. The number of ether oxygens (including phenoxy) is 3. The van der Waals surface area contributed by atoms with E-state index in [1.807, 2.05) is 30.3 Å². The molecule has 0 saturated carbocycles. The van der Waals surface area contributed by atoms with Gasteiger partial charge in [0.25, 0.3) is 0 Å². The van der Waals surface area contributed by atoms with Crippen LogP contribution in [0.25, 0.3) is 16.7 Å². The van der Waals surface area contributed by atoms with E-state index in [9.17, 15) is 4.79 Å². The number of esters is 1. The van der Waals surface area contributed by atoms with Crippen molar-refractivity contribution in [2.45, 2.75) is 32.9 Å². The highest BCUT2D eigenvalue weighted by molar-refractivity contribution is 5.91. The average molecular weight is 536 g/mol. The Labute approximate surface area is 234 Å². The minimum atomic E-state index is -0.479. The summed E-state index contributed by atoms with van der Waals surface area (Å²) >= 11 is 0. The maximum Gasteiger partial charge on any atom is 0.345 e. The van der Waals surface area contributed by atoms with Gasteiger partial charge in [0, 0.05) is 41.8 Å². The highest BCUT2D eigenvalue weighted by atomic mass is 16.5. The monoisotopic (exact) mass is 535 g/mol. The molecule has 1 aliphatic heterocycles. The van der Waals surface area contributed by atoms with E-state index in [1.165, 1.54) is 11.8 Å². The summed E-state index contributed by atoms with van der Waals surface area (Å²) in [5, 5.41) is 7.24. The summed E-state index contributed by atoms with van der Waals surface area (Å²) in [6.07, 6.45) is 5.35. The van der Waals surface area contributed by atoms with Crippen LogP contribution < -0.4 is 24.8 Å². The molecule has 0 aliphatic carbocycles. The molecule has 0 saturated heterocycles. The van der Waals surface area contributed by atoms with Gasteiger partial charge in [-0.25, -0.2) is 4.79 Å². The minimum absolute atomic E-state index is 0.163. The van der Waals surface area contributed by atoms with Gasteiger partial charge >= 0.3 is 5.97 Å². The SMILES string of the molecule is COc1ccccc1NCc1c(-c2ccc(OC(=O)c3cccnc3)cc2OC)ccc2c1C(C)=CC(C)(C)N2. The van der Waals surface area contributed by atoms with Crippen molar-refractivity contribution in [2.24, 2.45) is 0 Å². The number of benzene rings is 3. The summed E-state index contributed by atoms with van der Waals surface area (Å²) < 4.78 is 17.0. The largest absolute Gasteiger partial charge is 0.496 e. The number of nitrogens with one attached hydrogen (secondary N) is 2. The number of methoxy groups -OCH3 is 2. The fraction of sp³-hybridized carbons (Fsp3) is 0.212. The van der Waals surface area contributed by atoms with Crippen molar-refractivity contribution in [2.75, 3.05) is 24.9 Å². The molecule has 2 N–H and O–H groups in total. The molecule has 7 heteroatoms. The number of carbonyl (C=O) groups is 1. The van der Waals surface area contributed by atoms with Crippen molar-refractivity contribution in [3.05, 3.63) is 102 Å². The van der Waals surface area contributed by atoms with Gasteiger partial charge in [-0.15, -0.1) is 0 Å². The number of para-hydroxylation sites is 2. The maximum absolute atomic E-state index is 12.6. The van der Waals surface area contributed by atoms with Gasteiger partial charge in [0.1, 0.15) is 17.2 Å². The molecule has 0 unspecified atom stereocenters. The first-order valence-electron chi connectivity index (χ1n) is 13.1. The lowest BCUT2D eigenvalue weighted by Gasteiger charge is -2.33. The molecule has 0 bridgehead atoms. The molecule has 2 heterocycles. The van der Waals surface area contributed by atoms with E-state index in [-0.39, 0.29) is 5.54 Å². The standard InChI is InChI=1S/C33H33N3O4/c1-21-18-33(2,3)36-28-15-14-24(26(31(21)28)20-35-27-10-6-7-11-29(27)38-4)25-13-12-23(17-30(25)39-5)40-32(37)22-9-8-16-34-19-22/h6-19,35-36H,20H2,1-5H3. The van der Waals surface area contributed by atoms with E-state index in [2.05, 4.69) is 54.6 Å². The van der Waals surface area contributed by atoms with E-state index < -0.39 is 5.97 Å². The van der Waals surface area contributed by atoms with Gasteiger partial charge < -0.3 is 24.8 Å². The van der Waals surface area contributed by atoms with Gasteiger partial charge in [-0.2, -0.15) is 0 Å². The molecule has 0 fully saturated rings. The van der Waals surface area contributed by atoms with Crippen molar-refractivity contribution in [3.63, 3.8) is 0 Å². The summed E-state index contributed by atoms with van der Waals surface area (Å²) in [5.41, 5.74) is 7.55. The highest BCUT2D eigenvalue weighted by Gasteiger charge is 2.27. The van der Waals surface area contributed by atoms with Crippen molar-refractivity contribution >= 4 is 22.9 Å². The van der Waals surface area contributed by atoms with Crippen LogP contribution in [0.4, 0.5) is 11.4 Å². The van der Waals surface area contributed by atoms with Crippen molar-refractivity contribution in [1.29, 1.82) is 0 Å². The summed E-state index contributed by atoms with van der Waals surface area (Å²) in [6.45, 7) is 7.02. The molecule has 0 radical (unpaired) electrons. The van der Waals surface area contributed by atoms with Crippen molar-refractivity contribution < 1.29 is 19.0 Å². The van der Waals surface area contributed by atoms with Crippen LogP contribution in [0.3, 0.4) is 0 Å². The smallest absolute Gasteiger partial charge is 0.345 e. The van der Waals surface area contributed by atoms with Gasteiger partial charge in [-0.3, -0.25) is 4.98 Å². The minimum Gasteiger partial charge on any atom is -0.496 e. The second-order valence-electron chi connectivity index (χ2n) is 10.2. The van der Waals surface area contributed by atoms with Gasteiger partial charge in [-0.05, 0) is 79.9 Å². The van der Waals surface area contributed by atoms with Crippen molar-refractivity contribution in [1.82, 2.24) is 4.98 Å². The molecule has 0 atom stereocenters. The van der Waals surface area contributed by atoms with Crippen LogP contribution in [0, 0.1) is 0 Å². The molecule has 7 nitrogen and oxygen atoms in total. The third-order valence-corrected chi connectivity index (χ3v) is 6.87. The molecule has 4 aromatic rings. The Morgan fingerprint density at radius 1 is 0.950 bits per heavy atom. The number of carbonyl (C=O) groups excluding carboxylic acids is 1. The Bertz CT molecular complexity index is 1580. The number of aromatic nitrogens is 1. The first kappa shape index (κ1) is 26.8. The van der Waals surface area contributed by atoms with Crippen LogP contribution in [-0.2, 0) is 6.54 Å². The van der Waals surface area contributed by atoms with Crippen LogP contribution in [0.1, 0.15) is 42.3 Å². The number of anilines is 2. The molecule has 5 rings (SSSR count). The zero-order valence-corrected chi connectivity index (χ0v) is 23.4. The molecule has 204 valence electrons. The molecule has 1 aromatic heterocycles. The second kappa shape index (κ2) is 11.1. The quantitative estimate of drug-likeness (QED) is 0.182. The van der Waals surface area contributed by atoms with Crippen molar-refractivity contribution in [3.8, 4) is 28.4 Å². The molecule has 3 aromatic carbocycles. The summed E-state index contributed by atoms with van der Waals surface area (Å²) in [5.74, 6) is 1.28. The third kappa shape index (κ3) is 5.50. The van der Waals surface area contributed by atoms with Gasteiger partial charge in [0.2, 0.25) is 0 Å². The lowest BCUT2D eigenvalue weighted by Crippen LogP contribution is -2.32. The highest BCUT2D eigenvalue weighted by Crippen LogP contribution is 2.43. The predicted octanol–water partition coefficient (Wildman–Crippen LogP) is 7.20. The topological polar surface area (TPSA) is 81.7 Å².